The number of H-pyrrole nitrogens is 1. The third-order valence-corrected chi connectivity index (χ3v) is 5.01. The van der Waals surface area contributed by atoms with Crippen molar-refractivity contribution in [3.8, 4) is 17.1 Å². The zero-order valence-corrected chi connectivity index (χ0v) is 16.6. The first-order valence-electron chi connectivity index (χ1n) is 9.53. The Morgan fingerprint density at radius 1 is 1.26 bits per heavy atom. The van der Waals surface area contributed by atoms with Crippen LogP contribution in [0.25, 0.3) is 11.4 Å². The third kappa shape index (κ3) is 4.37. The van der Waals surface area contributed by atoms with Crippen molar-refractivity contribution in [1.82, 2.24) is 20.5 Å². The predicted octanol–water partition coefficient (Wildman–Crippen LogP) is 2.43. The van der Waals surface area contributed by atoms with Gasteiger partial charge in [0.2, 0.25) is 11.8 Å². The molecule has 4 rings (SSSR count). The quantitative estimate of drug-likeness (QED) is 0.629. The van der Waals surface area contributed by atoms with Crippen LogP contribution in [0.2, 0.25) is 0 Å². The van der Waals surface area contributed by atoms with Crippen molar-refractivity contribution in [3.05, 3.63) is 59.9 Å². The lowest BCUT2D eigenvalue weighted by atomic mass is 10.1. The first kappa shape index (κ1) is 20.5. The van der Waals surface area contributed by atoms with Crippen molar-refractivity contribution in [2.75, 3.05) is 18.6 Å². The van der Waals surface area contributed by atoms with Crippen molar-refractivity contribution >= 4 is 17.5 Å². The molecular formula is C21H19F2N5O3. The lowest BCUT2D eigenvalue weighted by Crippen LogP contribution is -2.33. The van der Waals surface area contributed by atoms with Gasteiger partial charge < -0.3 is 15.0 Å². The number of aromatic nitrogens is 3. The Morgan fingerprint density at radius 3 is 2.74 bits per heavy atom. The van der Waals surface area contributed by atoms with Gasteiger partial charge in [-0.1, -0.05) is 0 Å². The first-order valence-corrected chi connectivity index (χ1v) is 9.53. The van der Waals surface area contributed by atoms with Gasteiger partial charge in [0.25, 0.3) is 0 Å². The molecule has 8 nitrogen and oxygen atoms in total. The minimum absolute atomic E-state index is 0.0146. The van der Waals surface area contributed by atoms with Crippen LogP contribution in [-0.4, -0.2) is 40.7 Å². The topological polar surface area (TPSA) is 100 Å². The largest absolute Gasteiger partial charge is 0.497 e. The van der Waals surface area contributed by atoms with Crippen LogP contribution in [0, 0.1) is 17.6 Å². The number of methoxy groups -OCH3 is 1. The monoisotopic (exact) mass is 427 g/mol. The van der Waals surface area contributed by atoms with Gasteiger partial charge in [-0.05, 0) is 36.4 Å². The molecule has 2 amide bonds. The van der Waals surface area contributed by atoms with E-state index in [1.165, 1.54) is 6.07 Å². The van der Waals surface area contributed by atoms with Crippen molar-refractivity contribution in [1.29, 1.82) is 0 Å². The van der Waals surface area contributed by atoms with Gasteiger partial charge in [0.05, 0.1) is 25.3 Å². The minimum atomic E-state index is -0.845. The summed E-state index contributed by atoms with van der Waals surface area (Å²) in [5.41, 5.74) is 0.744. The van der Waals surface area contributed by atoms with Crippen LogP contribution in [0.1, 0.15) is 12.2 Å². The fourth-order valence-corrected chi connectivity index (χ4v) is 3.37. The van der Waals surface area contributed by atoms with E-state index in [1.807, 2.05) is 12.1 Å². The molecule has 1 fully saturated rings. The number of rotatable bonds is 6. The van der Waals surface area contributed by atoms with E-state index in [-0.39, 0.29) is 31.1 Å². The van der Waals surface area contributed by atoms with Crippen LogP contribution >= 0.6 is 0 Å². The lowest BCUT2D eigenvalue weighted by Gasteiger charge is -2.17. The Balaban J connectivity index is 1.36. The van der Waals surface area contributed by atoms with E-state index in [0.29, 0.717) is 23.5 Å². The number of nitrogens with zero attached hydrogens (tertiary/aromatic N) is 3. The molecule has 1 unspecified atom stereocenters. The number of carbonyl (C=O) groups is 2. The van der Waals surface area contributed by atoms with E-state index in [9.17, 15) is 18.4 Å². The molecule has 2 heterocycles. The summed E-state index contributed by atoms with van der Waals surface area (Å²) >= 11 is 0. The number of ether oxygens (including phenoxy) is 1. The maximum absolute atomic E-state index is 14.0. The fraction of sp³-hybridized carbons (Fsp3) is 0.238. The molecule has 10 heteroatoms. The predicted molar refractivity (Wildman–Crippen MR) is 107 cm³/mol. The summed E-state index contributed by atoms with van der Waals surface area (Å²) in [7, 11) is 1.58. The molecule has 1 saturated heterocycles. The third-order valence-electron chi connectivity index (χ3n) is 5.01. The molecule has 31 heavy (non-hydrogen) atoms. The van der Waals surface area contributed by atoms with Gasteiger partial charge in [-0.15, -0.1) is 0 Å². The lowest BCUT2D eigenvalue weighted by molar-refractivity contribution is -0.126. The minimum Gasteiger partial charge on any atom is -0.497 e. The molecule has 2 aromatic carbocycles. The maximum Gasteiger partial charge on any atom is 0.227 e. The van der Waals surface area contributed by atoms with Crippen LogP contribution in [-0.2, 0) is 16.1 Å². The standard InChI is InChI=1S/C21H19F2N5O3/c1-31-15-5-2-12(3-6-15)20-25-18(26-27-20)10-24-21(30)13-8-19(29)28(11-13)17-7-4-14(22)9-16(17)23/h2-7,9,13H,8,10-11H2,1H3,(H,24,30)(H,25,26,27). The number of aromatic amines is 1. The summed E-state index contributed by atoms with van der Waals surface area (Å²) in [6.45, 7) is 0.109. The molecule has 3 aromatic rings. The second-order valence-corrected chi connectivity index (χ2v) is 7.05. The Morgan fingerprint density at radius 2 is 2.03 bits per heavy atom. The molecule has 0 aliphatic carbocycles. The van der Waals surface area contributed by atoms with Crippen LogP contribution in [0.3, 0.4) is 0 Å². The average Bonchev–Trinajstić information content (AvgIpc) is 3.39. The van der Waals surface area contributed by atoms with E-state index < -0.39 is 23.5 Å². The smallest absolute Gasteiger partial charge is 0.227 e. The number of halogens is 2. The normalized spacial score (nSPS) is 15.9. The van der Waals surface area contributed by atoms with Gasteiger partial charge in [-0.2, -0.15) is 5.10 Å². The Bertz CT molecular complexity index is 1120. The molecule has 2 N–H and O–H groups in total. The second kappa shape index (κ2) is 8.50. The van der Waals surface area contributed by atoms with E-state index in [0.717, 1.165) is 16.5 Å². The van der Waals surface area contributed by atoms with Crippen LogP contribution in [0.4, 0.5) is 14.5 Å². The van der Waals surface area contributed by atoms with Crippen molar-refractivity contribution in [2.24, 2.45) is 5.92 Å². The molecule has 0 saturated carbocycles. The summed E-state index contributed by atoms with van der Waals surface area (Å²) < 4.78 is 32.2. The summed E-state index contributed by atoms with van der Waals surface area (Å²) in [4.78, 5) is 30.3. The van der Waals surface area contributed by atoms with Gasteiger partial charge in [-0.25, -0.2) is 13.8 Å². The van der Waals surface area contributed by atoms with Gasteiger partial charge >= 0.3 is 0 Å². The number of benzene rings is 2. The average molecular weight is 427 g/mol. The highest BCUT2D eigenvalue weighted by Crippen LogP contribution is 2.28. The molecule has 0 radical (unpaired) electrons. The van der Waals surface area contributed by atoms with Gasteiger partial charge in [0.1, 0.15) is 23.2 Å². The summed E-state index contributed by atoms with van der Waals surface area (Å²) in [6.07, 6.45) is -0.0594. The first-order chi connectivity index (χ1) is 14.9. The fourth-order valence-electron chi connectivity index (χ4n) is 3.37. The number of nitrogens with one attached hydrogen (secondary N) is 2. The zero-order chi connectivity index (χ0) is 22.0. The highest BCUT2D eigenvalue weighted by Gasteiger charge is 2.36. The van der Waals surface area contributed by atoms with Crippen molar-refractivity contribution in [2.45, 2.75) is 13.0 Å². The van der Waals surface area contributed by atoms with E-state index in [1.54, 1.807) is 19.2 Å². The summed E-state index contributed by atoms with van der Waals surface area (Å²) in [6, 6.07) is 10.2. The molecule has 0 spiro atoms. The van der Waals surface area contributed by atoms with Gasteiger partial charge in [-0.3, -0.25) is 14.7 Å². The highest BCUT2D eigenvalue weighted by atomic mass is 19.1. The molecule has 1 aromatic heterocycles. The highest BCUT2D eigenvalue weighted by molar-refractivity contribution is 6.00. The molecule has 1 aliphatic rings. The van der Waals surface area contributed by atoms with Crippen LogP contribution in [0.5, 0.6) is 5.75 Å². The van der Waals surface area contributed by atoms with Crippen LogP contribution < -0.4 is 15.0 Å². The molecule has 1 aliphatic heterocycles. The molecule has 0 bridgehead atoms. The van der Waals surface area contributed by atoms with E-state index in [4.69, 9.17) is 4.74 Å². The summed E-state index contributed by atoms with van der Waals surface area (Å²) in [5.74, 6) is -1.35. The van der Waals surface area contributed by atoms with E-state index >= 15 is 0 Å². The van der Waals surface area contributed by atoms with Gasteiger partial charge in [0, 0.05) is 24.6 Å². The summed E-state index contributed by atoms with van der Waals surface area (Å²) in [5, 5.41) is 9.62. The number of amides is 2. The second-order valence-electron chi connectivity index (χ2n) is 7.05. The Kier molecular flexibility index (Phi) is 5.61. The van der Waals surface area contributed by atoms with Crippen molar-refractivity contribution in [3.63, 3.8) is 0 Å². The molecular weight excluding hydrogens is 408 g/mol. The number of hydrogen-bond acceptors (Lipinski definition) is 5. The molecule has 1 atom stereocenters. The Hall–Kier alpha value is -3.82. The molecule has 160 valence electrons. The van der Waals surface area contributed by atoms with Crippen molar-refractivity contribution < 1.29 is 23.1 Å². The van der Waals surface area contributed by atoms with Crippen LogP contribution in [0.15, 0.2) is 42.5 Å². The number of anilines is 1. The maximum atomic E-state index is 14.0. The number of carbonyl (C=O) groups excluding carboxylic acids is 2. The van der Waals surface area contributed by atoms with E-state index in [2.05, 4.69) is 20.5 Å². The Labute approximate surface area is 176 Å². The SMILES string of the molecule is COc1ccc(-c2n[nH]c(CNC(=O)C3CC(=O)N(c4ccc(F)cc4F)C3)n2)cc1. The zero-order valence-electron chi connectivity index (χ0n) is 16.6. The number of hydrogen-bond donors (Lipinski definition) is 2. The van der Waals surface area contributed by atoms with Gasteiger partial charge in [0.15, 0.2) is 5.82 Å².